The van der Waals surface area contributed by atoms with Crippen molar-refractivity contribution in [1.29, 1.82) is 0 Å². The molecule has 0 aliphatic carbocycles. The molecule has 1 atom stereocenters. The highest BCUT2D eigenvalue weighted by atomic mass is 16.2. The van der Waals surface area contributed by atoms with Gasteiger partial charge in [-0.05, 0) is 43.5 Å². The molecule has 6 heteroatoms. The average molecular weight is 380 g/mol. The molecule has 0 saturated carbocycles. The van der Waals surface area contributed by atoms with Crippen molar-refractivity contribution in [2.24, 2.45) is 5.41 Å². The van der Waals surface area contributed by atoms with Crippen LogP contribution in [0.3, 0.4) is 0 Å². The van der Waals surface area contributed by atoms with Gasteiger partial charge in [0.05, 0.1) is 0 Å². The number of carbonyl (C=O) groups is 1. The van der Waals surface area contributed by atoms with Crippen LogP contribution in [0.4, 0.5) is 0 Å². The molecular weight excluding hydrogens is 350 g/mol. The molecule has 6 nitrogen and oxygen atoms in total. The predicted octanol–water partition coefficient (Wildman–Crippen LogP) is 2.84. The number of hydrogen-bond donors (Lipinski definition) is 0. The quantitative estimate of drug-likeness (QED) is 0.799. The van der Waals surface area contributed by atoms with Crippen molar-refractivity contribution in [1.82, 2.24) is 24.8 Å². The van der Waals surface area contributed by atoms with E-state index in [9.17, 15) is 4.79 Å². The Balaban J connectivity index is 1.42. The SMILES string of the molecule is CCc1ncc(CN2CCCC3(CCC(=O)N(Cc4ccncc4)C3)C2)cn1. The molecule has 28 heavy (non-hydrogen) atoms. The monoisotopic (exact) mass is 379 g/mol. The maximum atomic E-state index is 12.5. The minimum Gasteiger partial charge on any atom is -0.338 e. The summed E-state index contributed by atoms with van der Waals surface area (Å²) in [6.07, 6.45) is 12.4. The Kier molecular flexibility index (Phi) is 5.67. The number of pyridine rings is 1. The first kappa shape index (κ1) is 19.0. The summed E-state index contributed by atoms with van der Waals surface area (Å²) in [6.45, 7) is 6.67. The normalized spacial score (nSPS) is 23.3. The number of aryl methyl sites for hydroxylation is 1. The molecule has 4 rings (SSSR count). The molecule has 2 aliphatic heterocycles. The van der Waals surface area contributed by atoms with Crippen molar-refractivity contribution in [2.45, 2.75) is 52.1 Å². The van der Waals surface area contributed by atoms with Gasteiger partial charge >= 0.3 is 0 Å². The van der Waals surface area contributed by atoms with Crippen molar-refractivity contribution in [3.8, 4) is 0 Å². The van der Waals surface area contributed by atoms with Crippen molar-refractivity contribution < 1.29 is 4.79 Å². The van der Waals surface area contributed by atoms with E-state index in [4.69, 9.17) is 0 Å². The summed E-state index contributed by atoms with van der Waals surface area (Å²) in [5, 5.41) is 0. The van der Waals surface area contributed by atoms with Gasteiger partial charge in [0.2, 0.25) is 5.91 Å². The van der Waals surface area contributed by atoms with Gasteiger partial charge in [-0.15, -0.1) is 0 Å². The second-order valence-electron chi connectivity index (χ2n) is 8.28. The van der Waals surface area contributed by atoms with E-state index in [1.807, 2.05) is 24.5 Å². The molecule has 1 spiro atoms. The van der Waals surface area contributed by atoms with Crippen LogP contribution in [0.5, 0.6) is 0 Å². The van der Waals surface area contributed by atoms with Gasteiger partial charge in [-0.25, -0.2) is 9.97 Å². The largest absolute Gasteiger partial charge is 0.338 e. The number of aromatic nitrogens is 3. The first-order valence-corrected chi connectivity index (χ1v) is 10.3. The molecule has 0 radical (unpaired) electrons. The van der Waals surface area contributed by atoms with E-state index in [0.29, 0.717) is 13.0 Å². The van der Waals surface area contributed by atoms with Gasteiger partial charge in [-0.1, -0.05) is 6.92 Å². The lowest BCUT2D eigenvalue weighted by Gasteiger charge is -2.48. The van der Waals surface area contributed by atoms with E-state index < -0.39 is 0 Å². The maximum absolute atomic E-state index is 12.5. The van der Waals surface area contributed by atoms with Crippen molar-refractivity contribution >= 4 is 5.91 Å². The van der Waals surface area contributed by atoms with Crippen LogP contribution in [0.2, 0.25) is 0 Å². The minimum atomic E-state index is 0.212. The van der Waals surface area contributed by atoms with E-state index in [2.05, 4.69) is 31.7 Å². The van der Waals surface area contributed by atoms with E-state index in [1.54, 1.807) is 12.4 Å². The molecule has 0 N–H and O–H groups in total. The standard InChI is InChI=1S/C22H29N5O/c1-2-20-24-12-19(13-25-20)14-26-11-3-7-22(16-26)8-4-21(28)27(17-22)15-18-5-9-23-10-6-18/h5-6,9-10,12-13H,2-4,7-8,11,14-17H2,1H3. The predicted molar refractivity (Wildman–Crippen MR) is 107 cm³/mol. The lowest BCUT2D eigenvalue weighted by atomic mass is 9.73. The second kappa shape index (κ2) is 8.35. The number of likely N-dealkylation sites (tertiary alicyclic amines) is 2. The van der Waals surface area contributed by atoms with Crippen molar-refractivity contribution in [2.75, 3.05) is 19.6 Å². The highest BCUT2D eigenvalue weighted by molar-refractivity contribution is 5.77. The van der Waals surface area contributed by atoms with Crippen LogP contribution in [0.15, 0.2) is 36.9 Å². The summed E-state index contributed by atoms with van der Waals surface area (Å²) in [4.78, 5) is 30.1. The summed E-state index contributed by atoms with van der Waals surface area (Å²) < 4.78 is 0. The zero-order valence-electron chi connectivity index (χ0n) is 16.7. The highest BCUT2D eigenvalue weighted by Crippen LogP contribution is 2.39. The van der Waals surface area contributed by atoms with E-state index in [0.717, 1.165) is 50.4 Å². The zero-order chi connectivity index (χ0) is 19.4. The van der Waals surface area contributed by atoms with Gasteiger partial charge in [0.1, 0.15) is 5.82 Å². The van der Waals surface area contributed by atoms with E-state index in [-0.39, 0.29) is 11.3 Å². The Bertz CT molecular complexity index is 794. The van der Waals surface area contributed by atoms with Crippen molar-refractivity contribution in [3.05, 3.63) is 53.9 Å². The molecule has 1 unspecified atom stereocenters. The number of hydrogen-bond acceptors (Lipinski definition) is 5. The van der Waals surface area contributed by atoms with Gasteiger partial charge in [-0.3, -0.25) is 14.7 Å². The molecule has 2 aromatic rings. The zero-order valence-corrected chi connectivity index (χ0v) is 16.7. The Morgan fingerprint density at radius 2 is 1.82 bits per heavy atom. The summed E-state index contributed by atoms with van der Waals surface area (Å²) >= 11 is 0. The smallest absolute Gasteiger partial charge is 0.222 e. The molecule has 0 aromatic carbocycles. The highest BCUT2D eigenvalue weighted by Gasteiger charge is 2.41. The van der Waals surface area contributed by atoms with Gasteiger partial charge in [0.15, 0.2) is 0 Å². The lowest BCUT2D eigenvalue weighted by Crippen LogP contribution is -2.53. The number of amides is 1. The Hall–Kier alpha value is -2.34. The summed E-state index contributed by atoms with van der Waals surface area (Å²) in [7, 11) is 0. The molecule has 0 bridgehead atoms. The summed E-state index contributed by atoms with van der Waals surface area (Å²) in [6, 6.07) is 4.00. The maximum Gasteiger partial charge on any atom is 0.222 e. The van der Waals surface area contributed by atoms with Gasteiger partial charge in [0.25, 0.3) is 0 Å². The topological polar surface area (TPSA) is 62.2 Å². The average Bonchev–Trinajstić information content (AvgIpc) is 2.72. The van der Waals surface area contributed by atoms with Crippen LogP contribution < -0.4 is 0 Å². The van der Waals surface area contributed by atoms with Crippen molar-refractivity contribution in [3.63, 3.8) is 0 Å². The summed E-state index contributed by atoms with van der Waals surface area (Å²) in [5.74, 6) is 1.18. The van der Waals surface area contributed by atoms with Crippen LogP contribution in [0.25, 0.3) is 0 Å². The Labute approximate surface area is 167 Å². The molecule has 2 saturated heterocycles. The molecule has 2 aliphatic rings. The third-order valence-electron chi connectivity index (χ3n) is 6.09. The number of carbonyl (C=O) groups excluding carboxylic acids is 1. The Morgan fingerprint density at radius 1 is 1.04 bits per heavy atom. The van der Waals surface area contributed by atoms with E-state index >= 15 is 0 Å². The van der Waals surface area contributed by atoms with Gasteiger partial charge in [0, 0.05) is 74.8 Å². The first-order chi connectivity index (χ1) is 13.7. The minimum absolute atomic E-state index is 0.212. The Morgan fingerprint density at radius 3 is 2.57 bits per heavy atom. The number of piperidine rings is 2. The third kappa shape index (κ3) is 4.38. The second-order valence-corrected chi connectivity index (χ2v) is 8.28. The fraction of sp³-hybridized carbons (Fsp3) is 0.545. The third-order valence-corrected chi connectivity index (χ3v) is 6.09. The van der Waals surface area contributed by atoms with Crippen LogP contribution in [0.1, 0.15) is 49.6 Å². The molecule has 2 fully saturated rings. The van der Waals surface area contributed by atoms with Crippen LogP contribution in [0, 0.1) is 5.41 Å². The van der Waals surface area contributed by atoms with Crippen LogP contribution in [-0.4, -0.2) is 50.3 Å². The molecule has 1 amide bonds. The van der Waals surface area contributed by atoms with Gasteiger partial charge in [-0.2, -0.15) is 0 Å². The van der Waals surface area contributed by atoms with Crippen LogP contribution in [-0.2, 0) is 24.3 Å². The molecule has 4 heterocycles. The molecular formula is C22H29N5O. The number of rotatable bonds is 5. The van der Waals surface area contributed by atoms with E-state index in [1.165, 1.54) is 18.4 Å². The number of nitrogens with zero attached hydrogens (tertiary/aromatic N) is 5. The lowest BCUT2D eigenvalue weighted by molar-refractivity contribution is -0.140. The molecule has 148 valence electrons. The van der Waals surface area contributed by atoms with Gasteiger partial charge < -0.3 is 4.90 Å². The summed E-state index contributed by atoms with van der Waals surface area (Å²) in [5.41, 5.74) is 2.54. The fourth-order valence-electron chi connectivity index (χ4n) is 4.64. The fourth-order valence-corrected chi connectivity index (χ4v) is 4.64. The van der Waals surface area contributed by atoms with Crippen LogP contribution >= 0.6 is 0 Å². The first-order valence-electron chi connectivity index (χ1n) is 10.3. The molecule has 2 aromatic heterocycles.